The van der Waals surface area contributed by atoms with Crippen LogP contribution in [0.15, 0.2) is 18.3 Å². The quantitative estimate of drug-likeness (QED) is 0.576. The summed E-state index contributed by atoms with van der Waals surface area (Å²) in [7, 11) is 1.58. The lowest BCUT2D eigenvalue weighted by molar-refractivity contribution is 0.0958. The molecule has 100 valence electrons. The van der Waals surface area contributed by atoms with Crippen molar-refractivity contribution in [2.45, 2.75) is 6.42 Å². The largest absolute Gasteiger partial charge is 0.385 e. The number of rotatable bonds is 8. The van der Waals surface area contributed by atoms with Gasteiger partial charge in [0.2, 0.25) is 0 Å². The Kier molecular flexibility index (Phi) is 6.75. The Morgan fingerprint density at radius 3 is 3.06 bits per heavy atom. The number of aromatic nitrogens is 1. The monoisotopic (exact) mass is 252 g/mol. The van der Waals surface area contributed by atoms with Crippen molar-refractivity contribution in [2.24, 2.45) is 5.73 Å². The van der Waals surface area contributed by atoms with Gasteiger partial charge in [0, 0.05) is 38.6 Å². The average Bonchev–Trinajstić information content (AvgIpc) is 2.42. The number of hydrogen-bond donors (Lipinski definition) is 3. The zero-order valence-corrected chi connectivity index (χ0v) is 10.6. The zero-order valence-electron chi connectivity index (χ0n) is 10.6. The normalized spacial score (nSPS) is 10.1. The maximum atomic E-state index is 11.4. The topological polar surface area (TPSA) is 89.3 Å². The van der Waals surface area contributed by atoms with Gasteiger partial charge in [-0.1, -0.05) is 0 Å². The van der Waals surface area contributed by atoms with Crippen molar-refractivity contribution in [3.63, 3.8) is 0 Å². The minimum absolute atomic E-state index is 0.190. The summed E-state index contributed by atoms with van der Waals surface area (Å²) in [6.45, 7) is 2.60. The van der Waals surface area contributed by atoms with Crippen LogP contribution in [0.25, 0.3) is 0 Å². The van der Waals surface area contributed by atoms with Crippen molar-refractivity contribution in [1.29, 1.82) is 0 Å². The summed E-state index contributed by atoms with van der Waals surface area (Å²) in [5.74, 6) is -0.190. The molecule has 0 aliphatic rings. The van der Waals surface area contributed by atoms with E-state index in [9.17, 15) is 4.79 Å². The number of nitrogens with one attached hydrogen (secondary N) is 2. The van der Waals surface area contributed by atoms with Crippen molar-refractivity contribution in [1.82, 2.24) is 10.3 Å². The molecule has 1 aromatic rings. The average molecular weight is 252 g/mol. The molecule has 0 aliphatic carbocycles. The molecule has 0 aliphatic heterocycles. The van der Waals surface area contributed by atoms with E-state index >= 15 is 0 Å². The molecule has 0 spiro atoms. The van der Waals surface area contributed by atoms with Gasteiger partial charge in [-0.25, -0.2) is 0 Å². The summed E-state index contributed by atoms with van der Waals surface area (Å²) >= 11 is 0. The van der Waals surface area contributed by atoms with Gasteiger partial charge < -0.3 is 21.1 Å². The van der Waals surface area contributed by atoms with Gasteiger partial charge in [-0.3, -0.25) is 9.78 Å². The van der Waals surface area contributed by atoms with Crippen molar-refractivity contribution in [3.05, 3.63) is 24.0 Å². The van der Waals surface area contributed by atoms with E-state index in [1.165, 1.54) is 0 Å². The molecule has 4 N–H and O–H groups in total. The molecule has 6 nitrogen and oxygen atoms in total. The number of anilines is 1. The van der Waals surface area contributed by atoms with Crippen molar-refractivity contribution < 1.29 is 9.53 Å². The maximum Gasteiger partial charge on any atom is 0.269 e. The third-order valence-corrected chi connectivity index (χ3v) is 2.28. The Morgan fingerprint density at radius 2 is 2.33 bits per heavy atom. The van der Waals surface area contributed by atoms with Gasteiger partial charge in [0.25, 0.3) is 5.91 Å². The van der Waals surface area contributed by atoms with Crippen molar-refractivity contribution >= 4 is 11.6 Å². The van der Waals surface area contributed by atoms with Crippen molar-refractivity contribution in [2.75, 3.05) is 38.7 Å². The van der Waals surface area contributed by atoms with Crippen LogP contribution in [0.4, 0.5) is 5.69 Å². The summed E-state index contributed by atoms with van der Waals surface area (Å²) in [5.41, 5.74) is 6.59. The number of carbonyl (C=O) groups excluding carboxylic acids is 1. The smallest absolute Gasteiger partial charge is 0.269 e. The lowest BCUT2D eigenvalue weighted by Gasteiger charge is -2.07. The predicted octanol–water partition coefficient (Wildman–Crippen LogP) is 0.219. The molecule has 0 bridgehead atoms. The summed E-state index contributed by atoms with van der Waals surface area (Å²) in [5, 5.41) is 5.75. The molecule has 0 saturated heterocycles. The summed E-state index contributed by atoms with van der Waals surface area (Å²) in [6.07, 6.45) is 2.50. The second-order valence-corrected chi connectivity index (χ2v) is 3.69. The number of amides is 1. The summed E-state index contributed by atoms with van der Waals surface area (Å²) < 4.78 is 5.26. The third kappa shape index (κ3) is 5.11. The second kappa shape index (κ2) is 8.43. The lowest BCUT2D eigenvalue weighted by Crippen LogP contribution is -2.19. The Balaban J connectivity index is 2.32. The van der Waals surface area contributed by atoms with Gasteiger partial charge in [0.1, 0.15) is 5.69 Å². The Morgan fingerprint density at radius 1 is 1.50 bits per heavy atom. The van der Waals surface area contributed by atoms with Crippen LogP contribution < -0.4 is 16.4 Å². The molecule has 1 rings (SSSR count). The van der Waals surface area contributed by atoms with Crippen LogP contribution in [0.5, 0.6) is 0 Å². The Labute approximate surface area is 107 Å². The molecule has 1 heterocycles. The van der Waals surface area contributed by atoms with E-state index < -0.39 is 0 Å². The van der Waals surface area contributed by atoms with Gasteiger partial charge in [0.05, 0.1) is 6.61 Å². The SMILES string of the molecule is CNC(=O)c1cc(NCCCOCCN)ccn1. The Hall–Kier alpha value is -1.66. The van der Waals surface area contributed by atoms with Crippen LogP contribution in [0, 0.1) is 0 Å². The maximum absolute atomic E-state index is 11.4. The van der Waals surface area contributed by atoms with E-state index in [4.69, 9.17) is 10.5 Å². The van der Waals surface area contributed by atoms with Gasteiger partial charge in [-0.2, -0.15) is 0 Å². The third-order valence-electron chi connectivity index (χ3n) is 2.28. The van der Waals surface area contributed by atoms with Crippen molar-refractivity contribution in [3.8, 4) is 0 Å². The van der Waals surface area contributed by atoms with E-state index in [-0.39, 0.29) is 5.91 Å². The molecule has 1 aromatic heterocycles. The first kappa shape index (κ1) is 14.4. The fraction of sp³-hybridized carbons (Fsp3) is 0.500. The summed E-state index contributed by atoms with van der Waals surface area (Å²) in [4.78, 5) is 15.4. The van der Waals surface area contributed by atoms with E-state index in [0.29, 0.717) is 25.5 Å². The molecular formula is C12H20N4O2. The second-order valence-electron chi connectivity index (χ2n) is 3.69. The molecule has 0 radical (unpaired) electrons. The van der Waals surface area contributed by atoms with E-state index in [1.807, 2.05) is 6.07 Å². The molecule has 0 aromatic carbocycles. The number of carbonyl (C=O) groups is 1. The predicted molar refractivity (Wildman–Crippen MR) is 70.6 cm³/mol. The molecule has 0 atom stereocenters. The number of pyridine rings is 1. The molecule has 1 amide bonds. The molecule has 0 saturated carbocycles. The van der Waals surface area contributed by atoms with Crippen LogP contribution >= 0.6 is 0 Å². The first-order valence-corrected chi connectivity index (χ1v) is 5.97. The molecular weight excluding hydrogens is 232 g/mol. The highest BCUT2D eigenvalue weighted by Crippen LogP contribution is 2.07. The van der Waals surface area contributed by atoms with E-state index in [1.54, 1.807) is 19.3 Å². The number of nitrogens with two attached hydrogens (primary N) is 1. The highest BCUT2D eigenvalue weighted by molar-refractivity contribution is 5.92. The van der Waals surface area contributed by atoms with E-state index in [0.717, 1.165) is 18.7 Å². The van der Waals surface area contributed by atoms with E-state index in [2.05, 4.69) is 15.6 Å². The van der Waals surface area contributed by atoms with Crippen LogP contribution in [0.1, 0.15) is 16.9 Å². The van der Waals surface area contributed by atoms with Crippen LogP contribution in [-0.2, 0) is 4.74 Å². The van der Waals surface area contributed by atoms with Gasteiger partial charge in [-0.15, -0.1) is 0 Å². The number of ether oxygens (including phenoxy) is 1. The van der Waals surface area contributed by atoms with Crippen LogP contribution in [-0.4, -0.2) is 44.2 Å². The minimum atomic E-state index is -0.190. The number of nitrogens with zero attached hydrogens (tertiary/aromatic N) is 1. The molecule has 0 unspecified atom stereocenters. The number of hydrogen-bond acceptors (Lipinski definition) is 5. The van der Waals surface area contributed by atoms with Crippen LogP contribution in [0.3, 0.4) is 0 Å². The summed E-state index contributed by atoms with van der Waals surface area (Å²) in [6, 6.07) is 3.55. The van der Waals surface area contributed by atoms with Gasteiger partial charge in [-0.05, 0) is 18.6 Å². The lowest BCUT2D eigenvalue weighted by atomic mass is 10.3. The highest BCUT2D eigenvalue weighted by atomic mass is 16.5. The molecule has 18 heavy (non-hydrogen) atoms. The van der Waals surface area contributed by atoms with Gasteiger partial charge in [0.15, 0.2) is 0 Å². The first-order chi connectivity index (χ1) is 8.77. The zero-order chi connectivity index (χ0) is 13.2. The standard InChI is InChI=1S/C12H20N4O2/c1-14-12(17)11-9-10(3-6-16-11)15-5-2-7-18-8-4-13/h3,6,9H,2,4-5,7-8,13H2,1H3,(H,14,17)(H,15,16). The minimum Gasteiger partial charge on any atom is -0.385 e. The molecule has 6 heteroatoms. The Bertz CT molecular complexity index is 371. The van der Waals surface area contributed by atoms with Gasteiger partial charge >= 0.3 is 0 Å². The van der Waals surface area contributed by atoms with Crippen LogP contribution in [0.2, 0.25) is 0 Å². The molecule has 0 fully saturated rings. The highest BCUT2D eigenvalue weighted by Gasteiger charge is 2.04. The first-order valence-electron chi connectivity index (χ1n) is 5.97. The fourth-order valence-electron chi connectivity index (χ4n) is 1.39. The fourth-order valence-corrected chi connectivity index (χ4v) is 1.39.